The Bertz CT molecular complexity index is 543. The number of nitrogens with zero attached hydrogens (tertiary/aromatic N) is 3. The summed E-state index contributed by atoms with van der Waals surface area (Å²) in [6.07, 6.45) is 3.49. The standard InChI is InChI=1S/C20H31N3O2/c1-21-11-7-6-10-18(21)16-22-12-14-23(15-13-22)20(24)19(25-2)17-8-4-3-5-9-17/h3-5,8-9,18-19H,6-7,10-16H2,1-2H3/t18-,19-/m0/s1. The van der Waals surface area contributed by atoms with Gasteiger partial charge in [-0.25, -0.2) is 0 Å². The second kappa shape index (κ2) is 8.79. The van der Waals surface area contributed by atoms with Crippen molar-refractivity contribution in [3.63, 3.8) is 0 Å². The molecule has 0 spiro atoms. The smallest absolute Gasteiger partial charge is 0.256 e. The molecule has 138 valence electrons. The quantitative estimate of drug-likeness (QED) is 0.818. The molecule has 25 heavy (non-hydrogen) atoms. The molecule has 2 atom stereocenters. The predicted molar refractivity (Wildman–Crippen MR) is 99.5 cm³/mol. The van der Waals surface area contributed by atoms with Crippen molar-refractivity contribution in [2.24, 2.45) is 0 Å². The van der Waals surface area contributed by atoms with Crippen molar-refractivity contribution in [3.8, 4) is 0 Å². The maximum atomic E-state index is 12.9. The van der Waals surface area contributed by atoms with E-state index in [-0.39, 0.29) is 5.91 Å². The number of hydrogen-bond donors (Lipinski definition) is 0. The topological polar surface area (TPSA) is 36.0 Å². The predicted octanol–water partition coefficient (Wildman–Crippen LogP) is 2.00. The lowest BCUT2D eigenvalue weighted by Crippen LogP contribution is -2.53. The molecule has 5 nitrogen and oxygen atoms in total. The first-order chi connectivity index (χ1) is 12.2. The zero-order valence-corrected chi connectivity index (χ0v) is 15.6. The number of benzene rings is 1. The molecule has 2 aliphatic heterocycles. The number of amides is 1. The highest BCUT2D eigenvalue weighted by Crippen LogP contribution is 2.21. The number of piperazine rings is 1. The zero-order chi connectivity index (χ0) is 17.6. The van der Waals surface area contributed by atoms with Crippen molar-refractivity contribution in [2.75, 3.05) is 53.4 Å². The second-order valence-corrected chi connectivity index (χ2v) is 7.28. The molecule has 0 N–H and O–H groups in total. The molecule has 0 aromatic heterocycles. The molecule has 1 amide bonds. The number of carbonyl (C=O) groups excluding carboxylic acids is 1. The van der Waals surface area contributed by atoms with Gasteiger partial charge in [0.2, 0.25) is 0 Å². The minimum atomic E-state index is -0.489. The van der Waals surface area contributed by atoms with E-state index in [4.69, 9.17) is 4.74 Å². The molecule has 3 rings (SSSR count). The van der Waals surface area contributed by atoms with Gasteiger partial charge in [0.25, 0.3) is 5.91 Å². The summed E-state index contributed by atoms with van der Waals surface area (Å²) in [4.78, 5) is 19.8. The normalized spacial score (nSPS) is 24.2. The third-order valence-corrected chi connectivity index (χ3v) is 5.64. The number of piperidine rings is 1. The van der Waals surface area contributed by atoms with E-state index in [9.17, 15) is 4.79 Å². The molecule has 1 aromatic carbocycles. The Morgan fingerprint density at radius 1 is 1.12 bits per heavy atom. The minimum Gasteiger partial charge on any atom is -0.367 e. The van der Waals surface area contributed by atoms with Gasteiger partial charge >= 0.3 is 0 Å². The number of likely N-dealkylation sites (tertiary alicyclic amines) is 1. The lowest BCUT2D eigenvalue weighted by molar-refractivity contribution is -0.144. The Labute approximate surface area is 151 Å². The largest absolute Gasteiger partial charge is 0.367 e. The summed E-state index contributed by atoms with van der Waals surface area (Å²) in [5.74, 6) is 0.0862. The fourth-order valence-corrected chi connectivity index (χ4v) is 4.00. The van der Waals surface area contributed by atoms with Gasteiger partial charge in [-0.3, -0.25) is 9.69 Å². The van der Waals surface area contributed by atoms with Crippen molar-refractivity contribution in [1.82, 2.24) is 14.7 Å². The van der Waals surface area contributed by atoms with Crippen molar-refractivity contribution < 1.29 is 9.53 Å². The fraction of sp³-hybridized carbons (Fsp3) is 0.650. The number of carbonyl (C=O) groups is 1. The van der Waals surface area contributed by atoms with E-state index in [2.05, 4.69) is 16.8 Å². The minimum absolute atomic E-state index is 0.0862. The van der Waals surface area contributed by atoms with Crippen LogP contribution in [-0.4, -0.2) is 80.1 Å². The van der Waals surface area contributed by atoms with Gasteiger partial charge < -0.3 is 14.5 Å². The van der Waals surface area contributed by atoms with E-state index in [0.717, 1.165) is 38.3 Å². The monoisotopic (exact) mass is 345 g/mol. The van der Waals surface area contributed by atoms with Gasteiger partial charge in [-0.05, 0) is 32.0 Å². The summed E-state index contributed by atoms with van der Waals surface area (Å²) in [6, 6.07) is 10.5. The summed E-state index contributed by atoms with van der Waals surface area (Å²) < 4.78 is 5.50. The lowest BCUT2D eigenvalue weighted by atomic mass is 10.0. The summed E-state index contributed by atoms with van der Waals surface area (Å²) in [5, 5.41) is 0. The van der Waals surface area contributed by atoms with Gasteiger partial charge in [-0.1, -0.05) is 36.8 Å². The van der Waals surface area contributed by atoms with Crippen LogP contribution in [-0.2, 0) is 9.53 Å². The average Bonchev–Trinajstić information content (AvgIpc) is 2.66. The van der Waals surface area contributed by atoms with E-state index in [0.29, 0.717) is 6.04 Å². The van der Waals surface area contributed by atoms with Crippen LogP contribution in [0, 0.1) is 0 Å². The summed E-state index contributed by atoms with van der Waals surface area (Å²) in [6.45, 7) is 5.85. The van der Waals surface area contributed by atoms with Crippen LogP contribution in [0.25, 0.3) is 0 Å². The van der Waals surface area contributed by atoms with Crippen LogP contribution in [0.15, 0.2) is 30.3 Å². The highest BCUT2D eigenvalue weighted by atomic mass is 16.5. The van der Waals surface area contributed by atoms with E-state index >= 15 is 0 Å². The first-order valence-electron chi connectivity index (χ1n) is 9.48. The summed E-state index contributed by atoms with van der Waals surface area (Å²) in [5.41, 5.74) is 0.932. The molecule has 0 unspecified atom stereocenters. The Balaban J connectivity index is 1.52. The molecule has 0 aliphatic carbocycles. The van der Waals surface area contributed by atoms with Gasteiger partial charge in [0, 0.05) is 45.9 Å². The Morgan fingerprint density at radius 2 is 1.84 bits per heavy atom. The van der Waals surface area contributed by atoms with Crippen molar-refractivity contribution in [2.45, 2.75) is 31.4 Å². The molecule has 2 fully saturated rings. The lowest BCUT2D eigenvalue weighted by Gasteiger charge is -2.40. The second-order valence-electron chi connectivity index (χ2n) is 7.28. The van der Waals surface area contributed by atoms with E-state index in [1.54, 1.807) is 7.11 Å². The Kier molecular flexibility index (Phi) is 6.45. The van der Waals surface area contributed by atoms with E-state index in [1.165, 1.54) is 25.8 Å². The molecule has 2 saturated heterocycles. The van der Waals surface area contributed by atoms with Crippen molar-refractivity contribution in [1.29, 1.82) is 0 Å². The molecule has 5 heteroatoms. The molecule has 0 radical (unpaired) electrons. The Morgan fingerprint density at radius 3 is 2.48 bits per heavy atom. The first-order valence-corrected chi connectivity index (χ1v) is 9.48. The van der Waals surface area contributed by atoms with Gasteiger partial charge in [0.1, 0.15) is 0 Å². The van der Waals surface area contributed by atoms with Crippen LogP contribution in [0.5, 0.6) is 0 Å². The maximum Gasteiger partial charge on any atom is 0.256 e. The molecule has 2 aliphatic rings. The van der Waals surface area contributed by atoms with Gasteiger partial charge in [0.15, 0.2) is 6.10 Å². The van der Waals surface area contributed by atoms with Crippen LogP contribution in [0.4, 0.5) is 0 Å². The molecular weight excluding hydrogens is 314 g/mol. The molecule has 1 aromatic rings. The van der Waals surface area contributed by atoms with Crippen LogP contribution >= 0.6 is 0 Å². The highest BCUT2D eigenvalue weighted by Gasteiger charge is 2.30. The third-order valence-electron chi connectivity index (χ3n) is 5.64. The molecule has 2 heterocycles. The zero-order valence-electron chi connectivity index (χ0n) is 15.6. The summed E-state index contributed by atoms with van der Waals surface area (Å²) in [7, 11) is 3.86. The van der Waals surface area contributed by atoms with Crippen LogP contribution in [0.2, 0.25) is 0 Å². The Hall–Kier alpha value is -1.43. The van der Waals surface area contributed by atoms with E-state index in [1.807, 2.05) is 35.2 Å². The molecular formula is C20H31N3O2. The van der Waals surface area contributed by atoms with Crippen molar-refractivity contribution >= 4 is 5.91 Å². The number of rotatable bonds is 5. The number of ether oxygens (including phenoxy) is 1. The van der Waals surface area contributed by atoms with E-state index < -0.39 is 6.10 Å². The fourth-order valence-electron chi connectivity index (χ4n) is 4.00. The number of likely N-dealkylation sites (N-methyl/N-ethyl adjacent to an activating group) is 1. The number of methoxy groups -OCH3 is 1. The molecule has 0 bridgehead atoms. The van der Waals surface area contributed by atoms with Crippen LogP contribution in [0.1, 0.15) is 30.9 Å². The SMILES string of the molecule is CO[C@H](C(=O)N1CCN(C[C@@H]2CCCCN2C)CC1)c1ccccc1. The van der Waals surface area contributed by atoms with Gasteiger partial charge in [0.05, 0.1) is 0 Å². The average molecular weight is 345 g/mol. The van der Waals surface area contributed by atoms with Crippen LogP contribution < -0.4 is 0 Å². The summed E-state index contributed by atoms with van der Waals surface area (Å²) >= 11 is 0. The van der Waals surface area contributed by atoms with Crippen molar-refractivity contribution in [3.05, 3.63) is 35.9 Å². The van der Waals surface area contributed by atoms with Gasteiger partial charge in [-0.15, -0.1) is 0 Å². The molecule has 0 saturated carbocycles. The highest BCUT2D eigenvalue weighted by molar-refractivity contribution is 5.82. The van der Waals surface area contributed by atoms with Gasteiger partial charge in [-0.2, -0.15) is 0 Å². The number of hydrogen-bond acceptors (Lipinski definition) is 4. The maximum absolute atomic E-state index is 12.9. The first kappa shape index (κ1) is 18.4. The van der Waals surface area contributed by atoms with Crippen LogP contribution in [0.3, 0.4) is 0 Å². The third kappa shape index (κ3) is 4.60.